The van der Waals surface area contributed by atoms with Crippen LogP contribution in [0, 0.1) is 6.92 Å². The van der Waals surface area contributed by atoms with Gasteiger partial charge in [0.25, 0.3) is 11.5 Å². The fourth-order valence-corrected chi connectivity index (χ4v) is 4.54. The van der Waals surface area contributed by atoms with Crippen LogP contribution in [0.5, 0.6) is 0 Å². The van der Waals surface area contributed by atoms with Gasteiger partial charge in [0.05, 0.1) is 17.7 Å². The second-order valence-electron chi connectivity index (χ2n) is 7.08. The van der Waals surface area contributed by atoms with E-state index < -0.39 is 0 Å². The first-order chi connectivity index (χ1) is 13.6. The van der Waals surface area contributed by atoms with Gasteiger partial charge in [-0.2, -0.15) is 0 Å². The van der Waals surface area contributed by atoms with E-state index in [-0.39, 0.29) is 11.5 Å². The summed E-state index contributed by atoms with van der Waals surface area (Å²) in [6.07, 6.45) is 10.1. The first-order valence-electron chi connectivity index (χ1n) is 9.57. The van der Waals surface area contributed by atoms with Crippen LogP contribution < -0.4 is 10.9 Å². The molecule has 0 radical (unpaired) electrons. The van der Waals surface area contributed by atoms with Crippen molar-refractivity contribution in [3.05, 3.63) is 63.5 Å². The van der Waals surface area contributed by atoms with Gasteiger partial charge in [0, 0.05) is 37.5 Å². The predicted molar refractivity (Wildman–Crippen MR) is 108 cm³/mol. The first kappa shape index (κ1) is 18.6. The lowest BCUT2D eigenvalue weighted by Crippen LogP contribution is -2.31. The van der Waals surface area contributed by atoms with Gasteiger partial charge in [-0.15, -0.1) is 0 Å². The molecule has 3 aromatic heterocycles. The Morgan fingerprint density at radius 1 is 1.29 bits per heavy atom. The van der Waals surface area contributed by atoms with E-state index in [1.54, 1.807) is 17.0 Å². The van der Waals surface area contributed by atoms with Crippen molar-refractivity contribution in [2.24, 2.45) is 0 Å². The molecule has 0 atom stereocenters. The summed E-state index contributed by atoms with van der Waals surface area (Å²) >= 11 is 1.35. The van der Waals surface area contributed by atoms with Gasteiger partial charge in [0.2, 0.25) is 0 Å². The zero-order valence-electron chi connectivity index (χ0n) is 15.8. The molecular formula is C20H23N5O2S. The molecule has 1 fully saturated rings. The monoisotopic (exact) mass is 397 g/mol. The topological polar surface area (TPSA) is 81.8 Å². The zero-order chi connectivity index (χ0) is 19.5. The lowest BCUT2D eigenvalue weighted by atomic mass is 10.0. The van der Waals surface area contributed by atoms with Crippen LogP contribution in [-0.4, -0.2) is 31.6 Å². The third-order valence-corrected chi connectivity index (χ3v) is 6.30. The maximum atomic E-state index is 12.5. The number of nitrogens with one attached hydrogen (secondary N) is 1. The fourth-order valence-electron chi connectivity index (χ4n) is 3.59. The number of rotatable bonds is 6. The number of carbonyl (C=O) groups is 1. The SMILES string of the molecule is Cc1nc(-n2cccc2)sc1C(=O)NCCn1cnc(C2CCCC2)cc1=O. The van der Waals surface area contributed by atoms with E-state index in [2.05, 4.69) is 15.3 Å². The number of aryl methyl sites for hydroxylation is 1. The average molecular weight is 398 g/mol. The van der Waals surface area contributed by atoms with Crippen molar-refractivity contribution < 1.29 is 4.79 Å². The van der Waals surface area contributed by atoms with Gasteiger partial charge in [-0.3, -0.25) is 14.2 Å². The van der Waals surface area contributed by atoms with Gasteiger partial charge in [0.15, 0.2) is 5.13 Å². The molecule has 28 heavy (non-hydrogen) atoms. The van der Waals surface area contributed by atoms with Crippen molar-refractivity contribution in [3.63, 3.8) is 0 Å². The molecule has 0 aromatic carbocycles. The molecule has 0 saturated heterocycles. The Labute approximate surface area is 167 Å². The Bertz CT molecular complexity index is 1020. The number of hydrogen-bond donors (Lipinski definition) is 1. The Morgan fingerprint density at radius 2 is 2.04 bits per heavy atom. The average Bonchev–Trinajstić information content (AvgIpc) is 3.44. The molecule has 7 nitrogen and oxygen atoms in total. The van der Waals surface area contributed by atoms with Crippen LogP contribution in [0.1, 0.15) is 52.7 Å². The van der Waals surface area contributed by atoms with Crippen molar-refractivity contribution in [3.8, 4) is 5.13 Å². The van der Waals surface area contributed by atoms with Crippen molar-refractivity contribution in [2.75, 3.05) is 6.54 Å². The van der Waals surface area contributed by atoms with E-state index in [1.165, 1.54) is 24.2 Å². The molecule has 1 saturated carbocycles. The van der Waals surface area contributed by atoms with Gasteiger partial charge in [-0.1, -0.05) is 24.2 Å². The third-order valence-electron chi connectivity index (χ3n) is 5.13. The Morgan fingerprint density at radius 3 is 2.75 bits per heavy atom. The minimum absolute atomic E-state index is 0.0602. The van der Waals surface area contributed by atoms with E-state index in [9.17, 15) is 9.59 Å². The molecule has 1 N–H and O–H groups in total. The van der Waals surface area contributed by atoms with Crippen molar-refractivity contribution in [2.45, 2.75) is 45.1 Å². The summed E-state index contributed by atoms with van der Waals surface area (Å²) < 4.78 is 3.43. The summed E-state index contributed by atoms with van der Waals surface area (Å²) in [5, 5.41) is 3.64. The summed E-state index contributed by atoms with van der Waals surface area (Å²) in [4.78, 5) is 34.3. The van der Waals surface area contributed by atoms with Gasteiger partial charge < -0.3 is 9.88 Å². The molecular weight excluding hydrogens is 374 g/mol. The van der Waals surface area contributed by atoms with Crippen LogP contribution in [-0.2, 0) is 6.54 Å². The van der Waals surface area contributed by atoms with E-state index in [0.29, 0.717) is 29.6 Å². The van der Waals surface area contributed by atoms with Gasteiger partial charge in [-0.05, 0) is 31.9 Å². The summed E-state index contributed by atoms with van der Waals surface area (Å²) in [6.45, 7) is 2.58. The maximum Gasteiger partial charge on any atom is 0.263 e. The number of nitrogens with zero attached hydrogens (tertiary/aromatic N) is 4. The molecule has 1 amide bonds. The second-order valence-corrected chi connectivity index (χ2v) is 8.06. The van der Waals surface area contributed by atoms with Crippen LogP contribution in [0.4, 0.5) is 0 Å². The highest BCUT2D eigenvalue weighted by Crippen LogP contribution is 2.32. The Kier molecular flexibility index (Phi) is 5.38. The van der Waals surface area contributed by atoms with Gasteiger partial charge in [0.1, 0.15) is 4.88 Å². The number of thiazole rings is 1. The highest BCUT2D eigenvalue weighted by molar-refractivity contribution is 7.16. The standard InChI is InChI=1S/C20H23N5O2S/c1-14-18(28-20(23-14)24-9-4-5-10-24)19(27)21-8-11-25-13-22-16(12-17(25)26)15-6-2-3-7-15/h4-5,9-10,12-13,15H,2-3,6-8,11H2,1H3,(H,21,27). The lowest BCUT2D eigenvalue weighted by molar-refractivity contribution is 0.0955. The van der Waals surface area contributed by atoms with Crippen LogP contribution in [0.25, 0.3) is 5.13 Å². The third kappa shape index (κ3) is 3.91. The summed E-state index contributed by atoms with van der Waals surface area (Å²) in [5.74, 6) is 0.253. The van der Waals surface area contributed by atoms with E-state index in [0.717, 1.165) is 23.7 Å². The molecule has 0 aliphatic heterocycles. The van der Waals surface area contributed by atoms with Crippen LogP contribution in [0.15, 0.2) is 41.7 Å². The zero-order valence-corrected chi connectivity index (χ0v) is 16.6. The smallest absolute Gasteiger partial charge is 0.263 e. The largest absolute Gasteiger partial charge is 0.349 e. The summed E-state index contributed by atoms with van der Waals surface area (Å²) in [6, 6.07) is 5.48. The summed E-state index contributed by atoms with van der Waals surface area (Å²) in [7, 11) is 0. The van der Waals surface area contributed by atoms with E-state index in [4.69, 9.17) is 0 Å². The molecule has 0 unspecified atom stereocenters. The Balaban J connectivity index is 1.36. The number of carbonyl (C=O) groups excluding carboxylic acids is 1. The van der Waals surface area contributed by atoms with Gasteiger partial charge in [-0.25, -0.2) is 9.97 Å². The van der Waals surface area contributed by atoms with Crippen LogP contribution >= 0.6 is 11.3 Å². The normalized spacial score (nSPS) is 14.5. The van der Waals surface area contributed by atoms with Gasteiger partial charge >= 0.3 is 0 Å². The molecule has 146 valence electrons. The molecule has 8 heteroatoms. The van der Waals surface area contributed by atoms with Crippen molar-refractivity contribution >= 4 is 17.2 Å². The van der Waals surface area contributed by atoms with Crippen LogP contribution in [0.2, 0.25) is 0 Å². The minimum Gasteiger partial charge on any atom is -0.349 e. The van der Waals surface area contributed by atoms with Crippen molar-refractivity contribution in [1.82, 2.24) is 24.4 Å². The quantitative estimate of drug-likeness (QED) is 0.693. The number of hydrogen-bond acceptors (Lipinski definition) is 5. The van der Waals surface area contributed by atoms with E-state index in [1.807, 2.05) is 36.0 Å². The molecule has 4 rings (SSSR count). The Hall–Kier alpha value is -2.74. The molecule has 3 aromatic rings. The first-order valence-corrected chi connectivity index (χ1v) is 10.4. The molecule has 3 heterocycles. The maximum absolute atomic E-state index is 12.5. The summed E-state index contributed by atoms with van der Waals surface area (Å²) in [5.41, 5.74) is 1.54. The highest BCUT2D eigenvalue weighted by Gasteiger charge is 2.19. The minimum atomic E-state index is -0.169. The lowest BCUT2D eigenvalue weighted by Gasteiger charge is -2.10. The predicted octanol–water partition coefficient (Wildman–Crippen LogP) is 2.89. The van der Waals surface area contributed by atoms with E-state index >= 15 is 0 Å². The fraction of sp³-hybridized carbons (Fsp3) is 0.400. The second kappa shape index (κ2) is 8.10. The van der Waals surface area contributed by atoms with Crippen molar-refractivity contribution in [1.29, 1.82) is 0 Å². The highest BCUT2D eigenvalue weighted by atomic mass is 32.1. The number of amides is 1. The molecule has 0 spiro atoms. The molecule has 1 aliphatic rings. The molecule has 1 aliphatic carbocycles. The number of aromatic nitrogens is 4. The van der Waals surface area contributed by atoms with Crippen LogP contribution in [0.3, 0.4) is 0 Å². The molecule has 0 bridgehead atoms.